The van der Waals surface area contributed by atoms with Gasteiger partial charge in [0, 0.05) is 18.3 Å². The number of methoxy groups -OCH3 is 1. The Morgan fingerprint density at radius 1 is 1.22 bits per heavy atom. The number of halogens is 4. The first-order chi connectivity index (χ1) is 17.9. The molecule has 0 unspecified atom stereocenters. The van der Waals surface area contributed by atoms with Crippen LogP contribution in [0.5, 0.6) is 5.88 Å². The highest BCUT2D eigenvalue weighted by molar-refractivity contribution is 5.89. The number of hydrogen-bond donors (Lipinski definition) is 1. The van der Waals surface area contributed by atoms with Gasteiger partial charge in [0.15, 0.2) is 0 Å². The monoisotopic (exact) mass is 520 g/mol. The average molecular weight is 520 g/mol. The van der Waals surface area contributed by atoms with E-state index in [1.54, 1.807) is 35.4 Å². The van der Waals surface area contributed by atoms with Crippen molar-refractivity contribution in [3.05, 3.63) is 30.5 Å². The Bertz CT molecular complexity index is 1440. The van der Waals surface area contributed by atoms with Gasteiger partial charge in [0.05, 0.1) is 38.4 Å². The van der Waals surface area contributed by atoms with Gasteiger partial charge in [-0.2, -0.15) is 4.98 Å². The van der Waals surface area contributed by atoms with E-state index in [-0.39, 0.29) is 31.0 Å². The highest BCUT2D eigenvalue weighted by Gasteiger charge is 2.51. The minimum atomic E-state index is -2.97. The summed E-state index contributed by atoms with van der Waals surface area (Å²) in [5, 5.41) is 15.1. The number of nitrogens with one attached hydrogen (secondary N) is 1. The fraction of sp³-hybridized carbons (Fsp3) is 0.478. The number of likely N-dealkylation sites (tertiary alicyclic amines) is 1. The summed E-state index contributed by atoms with van der Waals surface area (Å²) in [6, 6.07) is 4.76. The van der Waals surface area contributed by atoms with Crippen LogP contribution in [0.15, 0.2) is 30.5 Å². The molecule has 6 rings (SSSR count). The van der Waals surface area contributed by atoms with Crippen molar-refractivity contribution in [1.82, 2.24) is 34.5 Å². The lowest BCUT2D eigenvalue weighted by molar-refractivity contribution is -0.0711. The summed E-state index contributed by atoms with van der Waals surface area (Å²) in [6.07, 6.45) is 1.66. The first kappa shape index (κ1) is 23.9. The van der Waals surface area contributed by atoms with Crippen LogP contribution in [0.3, 0.4) is 0 Å². The summed E-state index contributed by atoms with van der Waals surface area (Å²) < 4.78 is 69.5. The molecule has 3 aromatic heterocycles. The fourth-order valence-electron chi connectivity index (χ4n) is 4.81. The second-order valence-corrected chi connectivity index (χ2v) is 9.25. The molecule has 1 N–H and O–H groups in total. The minimum absolute atomic E-state index is 0.00320. The molecule has 2 aliphatic heterocycles. The third-order valence-corrected chi connectivity index (χ3v) is 6.94. The van der Waals surface area contributed by atoms with Crippen LogP contribution >= 0.6 is 0 Å². The molecular formula is C23H24F4N8O2. The zero-order valence-corrected chi connectivity index (χ0v) is 19.8. The largest absolute Gasteiger partial charge is 0.479 e. The van der Waals surface area contributed by atoms with Crippen molar-refractivity contribution in [1.29, 1.82) is 0 Å². The number of alkyl halides is 4. The van der Waals surface area contributed by atoms with E-state index >= 15 is 0 Å². The van der Waals surface area contributed by atoms with Crippen LogP contribution < -0.4 is 10.1 Å². The molecule has 2 aliphatic rings. The zero-order chi connectivity index (χ0) is 25.7. The highest BCUT2D eigenvalue weighted by atomic mass is 19.3. The van der Waals surface area contributed by atoms with Crippen molar-refractivity contribution in [3.63, 3.8) is 0 Å². The summed E-state index contributed by atoms with van der Waals surface area (Å²) in [5.74, 6) is -2.78. The average Bonchev–Trinajstić information content (AvgIpc) is 3.54. The van der Waals surface area contributed by atoms with E-state index in [0.29, 0.717) is 40.9 Å². The lowest BCUT2D eigenvalue weighted by Crippen LogP contribution is -2.48. The van der Waals surface area contributed by atoms with Gasteiger partial charge in [0.1, 0.15) is 36.5 Å². The maximum atomic E-state index is 14.7. The smallest absolute Gasteiger partial charge is 0.281 e. The number of benzene rings is 1. The molecule has 5 heterocycles. The van der Waals surface area contributed by atoms with Crippen molar-refractivity contribution < 1.29 is 27.0 Å². The molecule has 0 radical (unpaired) electrons. The van der Waals surface area contributed by atoms with Crippen LogP contribution in [0.1, 0.15) is 6.04 Å². The minimum Gasteiger partial charge on any atom is -0.479 e. The fourth-order valence-corrected chi connectivity index (χ4v) is 4.81. The van der Waals surface area contributed by atoms with Crippen molar-refractivity contribution in [2.45, 2.75) is 24.0 Å². The van der Waals surface area contributed by atoms with E-state index in [0.717, 1.165) is 0 Å². The second kappa shape index (κ2) is 9.10. The molecule has 0 spiro atoms. The van der Waals surface area contributed by atoms with Crippen molar-refractivity contribution >= 4 is 22.5 Å². The molecular weight excluding hydrogens is 496 g/mol. The lowest BCUT2D eigenvalue weighted by atomic mass is 10.1. The second-order valence-electron chi connectivity index (χ2n) is 9.25. The molecule has 0 amide bonds. The van der Waals surface area contributed by atoms with Crippen LogP contribution in [0.2, 0.25) is 0 Å². The van der Waals surface area contributed by atoms with Crippen LogP contribution in [0.4, 0.5) is 23.5 Å². The third-order valence-electron chi connectivity index (χ3n) is 6.94. The van der Waals surface area contributed by atoms with E-state index < -0.39 is 31.4 Å². The molecule has 10 nitrogen and oxygen atoms in total. The molecule has 2 saturated heterocycles. The number of anilines is 1. The number of fused-ring (bicyclic) bond motifs is 2. The molecule has 2 fully saturated rings. The predicted molar refractivity (Wildman–Crippen MR) is 126 cm³/mol. The maximum Gasteiger partial charge on any atom is 0.281 e. The summed E-state index contributed by atoms with van der Waals surface area (Å²) in [7, 11) is 1.43. The molecule has 196 valence electrons. The predicted octanol–water partition coefficient (Wildman–Crippen LogP) is 2.76. The van der Waals surface area contributed by atoms with E-state index in [9.17, 15) is 17.6 Å². The van der Waals surface area contributed by atoms with Gasteiger partial charge in [-0.15, -0.1) is 10.2 Å². The Morgan fingerprint density at radius 3 is 2.73 bits per heavy atom. The number of rotatable bonds is 8. The van der Waals surface area contributed by atoms with E-state index in [1.807, 2.05) is 0 Å². The summed E-state index contributed by atoms with van der Waals surface area (Å²) in [6.45, 7) is -1.14. The van der Waals surface area contributed by atoms with E-state index in [4.69, 9.17) is 9.47 Å². The molecule has 1 atom stereocenters. The van der Waals surface area contributed by atoms with Crippen LogP contribution in [0.25, 0.3) is 27.7 Å². The molecule has 0 saturated carbocycles. The van der Waals surface area contributed by atoms with Gasteiger partial charge in [-0.1, -0.05) is 11.3 Å². The van der Waals surface area contributed by atoms with Crippen molar-refractivity contribution in [3.8, 4) is 17.0 Å². The first-order valence-electron chi connectivity index (χ1n) is 11.8. The normalized spacial score (nSPS) is 20.2. The van der Waals surface area contributed by atoms with Gasteiger partial charge >= 0.3 is 0 Å². The number of ether oxygens (including phenoxy) is 2. The van der Waals surface area contributed by atoms with Crippen molar-refractivity contribution in [2.24, 2.45) is 0 Å². The lowest BCUT2D eigenvalue weighted by Gasteiger charge is -2.34. The number of aromatic nitrogens is 6. The third kappa shape index (κ3) is 4.03. The van der Waals surface area contributed by atoms with Gasteiger partial charge in [-0.05, 0) is 23.8 Å². The van der Waals surface area contributed by atoms with E-state index in [2.05, 4.69) is 25.7 Å². The van der Waals surface area contributed by atoms with Gasteiger partial charge in [-0.25, -0.2) is 26.8 Å². The number of hydrogen-bond acceptors (Lipinski definition) is 8. The first-order valence-corrected chi connectivity index (χ1v) is 11.8. The molecule has 0 bridgehead atoms. The Kier molecular flexibility index (Phi) is 5.87. The summed E-state index contributed by atoms with van der Waals surface area (Å²) in [4.78, 5) is 6.08. The SMILES string of the molecule is COc1nc(N[C@@H]2CN(C3COC3)CC2(F)F)nn2ccc(-c3ccc4nnn(C(CF)CF)c4c3)c12. The van der Waals surface area contributed by atoms with Crippen LogP contribution in [0, 0.1) is 0 Å². The Labute approximate surface area is 208 Å². The molecule has 0 aliphatic carbocycles. The Balaban J connectivity index is 1.34. The Morgan fingerprint density at radius 2 is 2.03 bits per heavy atom. The summed E-state index contributed by atoms with van der Waals surface area (Å²) >= 11 is 0. The van der Waals surface area contributed by atoms with Gasteiger partial charge in [0.25, 0.3) is 5.92 Å². The maximum absolute atomic E-state index is 14.7. The van der Waals surface area contributed by atoms with Gasteiger partial charge < -0.3 is 14.8 Å². The van der Waals surface area contributed by atoms with Gasteiger partial charge in [-0.3, -0.25) is 4.90 Å². The van der Waals surface area contributed by atoms with Gasteiger partial charge in [0.2, 0.25) is 11.8 Å². The summed E-state index contributed by atoms with van der Waals surface area (Å²) in [5.41, 5.74) is 2.84. The standard InChI is InChI=1S/C23H24F4N8O2/c1-36-21-20-16(13-2-3-17-18(6-13)35(32-30-17)14(7-24)8-25)4-5-34(20)31-22(29-21)28-19-9-33(12-23(19,26)27)15-10-37-11-15/h2-6,14-15,19H,7-12H2,1H3,(H,28,31)/t19-/m1/s1. The van der Waals surface area contributed by atoms with Crippen molar-refractivity contribution in [2.75, 3.05) is 52.1 Å². The molecule has 37 heavy (non-hydrogen) atoms. The highest BCUT2D eigenvalue weighted by Crippen LogP contribution is 2.35. The van der Waals surface area contributed by atoms with E-state index in [1.165, 1.54) is 16.3 Å². The number of nitrogens with zero attached hydrogens (tertiary/aromatic N) is 7. The quantitative estimate of drug-likeness (QED) is 0.355. The zero-order valence-electron chi connectivity index (χ0n) is 19.8. The van der Waals surface area contributed by atoms with Crippen LogP contribution in [-0.2, 0) is 4.74 Å². The van der Waals surface area contributed by atoms with Crippen LogP contribution in [-0.4, -0.2) is 99.3 Å². The molecule has 4 aromatic rings. The molecule has 1 aromatic carbocycles. The topological polar surface area (TPSA) is 94.6 Å². The molecule has 14 heteroatoms. The Hall–Kier alpha value is -3.52.